The number of nitrogens with one attached hydrogen (secondary N) is 1. The third kappa shape index (κ3) is 3.37. The van der Waals surface area contributed by atoms with Gasteiger partial charge in [0.1, 0.15) is 0 Å². The number of thiophene rings is 1. The van der Waals surface area contributed by atoms with E-state index in [4.69, 9.17) is 0 Å². The summed E-state index contributed by atoms with van der Waals surface area (Å²) in [4.78, 5) is 13.1. The van der Waals surface area contributed by atoms with Gasteiger partial charge in [0.25, 0.3) is 5.91 Å². The van der Waals surface area contributed by atoms with Gasteiger partial charge in [0.2, 0.25) is 0 Å². The van der Waals surface area contributed by atoms with Gasteiger partial charge in [-0.25, -0.2) is 8.42 Å². The Bertz CT molecular complexity index is 822. The topological polar surface area (TPSA) is 81.1 Å². The highest BCUT2D eigenvalue weighted by molar-refractivity contribution is 7.91. The van der Waals surface area contributed by atoms with Crippen molar-refractivity contribution >= 4 is 27.1 Å². The van der Waals surface area contributed by atoms with Crippen molar-refractivity contribution in [1.29, 1.82) is 0 Å². The van der Waals surface area contributed by atoms with Crippen LogP contribution < -0.4 is 5.32 Å². The SMILES string of the molecule is C=CCNC(=O)c1cc(-c2cccs2)n(C2CCS(=O)(=O)C2)n1. The maximum Gasteiger partial charge on any atom is 0.272 e. The Hall–Kier alpha value is -1.93. The Morgan fingerprint density at radius 3 is 3.00 bits per heavy atom. The summed E-state index contributed by atoms with van der Waals surface area (Å²) in [6, 6.07) is 5.35. The predicted molar refractivity (Wildman–Crippen MR) is 90.4 cm³/mol. The van der Waals surface area contributed by atoms with Gasteiger partial charge in [-0.1, -0.05) is 12.1 Å². The zero-order valence-electron chi connectivity index (χ0n) is 12.4. The minimum absolute atomic E-state index is 0.0702. The van der Waals surface area contributed by atoms with E-state index in [-0.39, 0.29) is 23.5 Å². The van der Waals surface area contributed by atoms with Crippen LogP contribution in [0.4, 0.5) is 0 Å². The van der Waals surface area contributed by atoms with E-state index in [2.05, 4.69) is 17.0 Å². The minimum atomic E-state index is -3.03. The Morgan fingerprint density at radius 1 is 1.57 bits per heavy atom. The summed E-state index contributed by atoms with van der Waals surface area (Å²) in [7, 11) is -3.03. The zero-order chi connectivity index (χ0) is 16.4. The Balaban J connectivity index is 1.98. The highest BCUT2D eigenvalue weighted by atomic mass is 32.2. The van der Waals surface area contributed by atoms with Crippen LogP contribution in [0.25, 0.3) is 10.6 Å². The standard InChI is InChI=1S/C15H17N3O3S2/c1-2-6-16-15(19)12-9-13(14-4-3-7-22-14)18(17-12)11-5-8-23(20,21)10-11/h2-4,7,9,11H,1,5-6,8,10H2,(H,16,19). The largest absolute Gasteiger partial charge is 0.347 e. The van der Waals surface area contributed by atoms with Crippen molar-refractivity contribution in [2.24, 2.45) is 0 Å². The fourth-order valence-corrected chi connectivity index (χ4v) is 5.04. The first-order valence-corrected chi connectivity index (χ1v) is 9.93. The monoisotopic (exact) mass is 351 g/mol. The highest BCUT2D eigenvalue weighted by Gasteiger charge is 2.32. The van der Waals surface area contributed by atoms with Crippen LogP contribution in [-0.2, 0) is 9.84 Å². The average Bonchev–Trinajstić information content (AvgIpc) is 3.22. The third-order valence-corrected chi connectivity index (χ3v) is 6.35. The Kier molecular flexibility index (Phi) is 4.36. The molecule has 1 atom stereocenters. The number of carbonyl (C=O) groups is 1. The molecular weight excluding hydrogens is 334 g/mol. The highest BCUT2D eigenvalue weighted by Crippen LogP contribution is 2.32. The van der Waals surface area contributed by atoms with E-state index < -0.39 is 9.84 Å². The first-order chi connectivity index (χ1) is 11.0. The van der Waals surface area contributed by atoms with Gasteiger partial charge < -0.3 is 5.32 Å². The molecular formula is C15H17N3O3S2. The molecule has 2 aromatic heterocycles. The van der Waals surface area contributed by atoms with Crippen LogP contribution in [0.15, 0.2) is 36.2 Å². The smallest absolute Gasteiger partial charge is 0.272 e. The molecule has 1 N–H and O–H groups in total. The fourth-order valence-electron chi connectivity index (χ4n) is 2.62. The fraction of sp³-hybridized carbons (Fsp3) is 0.333. The van der Waals surface area contributed by atoms with Crippen molar-refractivity contribution in [1.82, 2.24) is 15.1 Å². The molecule has 3 rings (SSSR count). The van der Waals surface area contributed by atoms with Crippen LogP contribution in [0, 0.1) is 0 Å². The summed E-state index contributed by atoms with van der Waals surface area (Å²) in [6.45, 7) is 3.92. The molecule has 0 aliphatic carbocycles. The molecule has 1 unspecified atom stereocenters. The van der Waals surface area contributed by atoms with Gasteiger partial charge in [0.05, 0.1) is 28.1 Å². The normalized spacial score (nSPS) is 19.6. The number of hydrogen-bond donors (Lipinski definition) is 1. The van der Waals surface area contributed by atoms with Crippen molar-refractivity contribution in [2.45, 2.75) is 12.5 Å². The molecule has 0 bridgehead atoms. The van der Waals surface area contributed by atoms with Crippen LogP contribution in [0.3, 0.4) is 0 Å². The van der Waals surface area contributed by atoms with E-state index in [0.717, 1.165) is 10.6 Å². The maximum atomic E-state index is 12.1. The molecule has 0 radical (unpaired) electrons. The molecule has 1 aliphatic heterocycles. The van der Waals surface area contributed by atoms with E-state index in [0.29, 0.717) is 18.7 Å². The van der Waals surface area contributed by atoms with Gasteiger partial charge in [-0.2, -0.15) is 5.10 Å². The molecule has 1 saturated heterocycles. The summed E-state index contributed by atoms with van der Waals surface area (Å²) in [6.07, 6.45) is 2.12. The van der Waals surface area contributed by atoms with Gasteiger partial charge in [0.15, 0.2) is 15.5 Å². The third-order valence-electron chi connectivity index (χ3n) is 3.70. The van der Waals surface area contributed by atoms with Crippen molar-refractivity contribution < 1.29 is 13.2 Å². The molecule has 0 aromatic carbocycles. The van der Waals surface area contributed by atoms with Gasteiger partial charge in [0, 0.05) is 6.54 Å². The predicted octanol–water partition coefficient (Wildman–Crippen LogP) is 1.89. The van der Waals surface area contributed by atoms with Crippen molar-refractivity contribution in [3.63, 3.8) is 0 Å². The van der Waals surface area contributed by atoms with E-state index in [1.54, 1.807) is 16.8 Å². The number of nitrogens with zero attached hydrogens (tertiary/aromatic N) is 2. The molecule has 8 heteroatoms. The maximum absolute atomic E-state index is 12.1. The lowest BCUT2D eigenvalue weighted by Gasteiger charge is -2.12. The molecule has 1 aliphatic rings. The molecule has 1 fully saturated rings. The van der Waals surface area contributed by atoms with Crippen molar-refractivity contribution in [3.05, 3.63) is 41.9 Å². The van der Waals surface area contributed by atoms with Gasteiger partial charge in [-0.05, 0) is 23.9 Å². The van der Waals surface area contributed by atoms with Crippen LogP contribution >= 0.6 is 11.3 Å². The number of aromatic nitrogens is 2. The summed E-state index contributed by atoms with van der Waals surface area (Å²) < 4.78 is 25.2. The number of rotatable bonds is 5. The number of sulfone groups is 1. The van der Waals surface area contributed by atoms with Gasteiger partial charge in [-0.15, -0.1) is 17.9 Å². The summed E-state index contributed by atoms with van der Waals surface area (Å²) in [5, 5.41) is 9.01. The second-order valence-electron chi connectivity index (χ2n) is 5.39. The number of amides is 1. The van der Waals surface area contributed by atoms with Crippen LogP contribution in [0.1, 0.15) is 23.0 Å². The van der Waals surface area contributed by atoms with Crippen molar-refractivity contribution in [2.75, 3.05) is 18.1 Å². The molecule has 23 heavy (non-hydrogen) atoms. The Morgan fingerprint density at radius 2 is 2.39 bits per heavy atom. The first kappa shape index (κ1) is 15.9. The number of hydrogen-bond acceptors (Lipinski definition) is 5. The number of carbonyl (C=O) groups excluding carboxylic acids is 1. The Labute approximate surface area is 138 Å². The molecule has 0 saturated carbocycles. The molecule has 6 nitrogen and oxygen atoms in total. The summed E-state index contributed by atoms with van der Waals surface area (Å²) in [5.41, 5.74) is 1.07. The minimum Gasteiger partial charge on any atom is -0.347 e. The van der Waals surface area contributed by atoms with E-state index in [1.807, 2.05) is 17.5 Å². The second-order valence-corrected chi connectivity index (χ2v) is 8.57. The van der Waals surface area contributed by atoms with Crippen LogP contribution in [0.2, 0.25) is 0 Å². The lowest BCUT2D eigenvalue weighted by molar-refractivity contribution is 0.0952. The summed E-state index contributed by atoms with van der Waals surface area (Å²) in [5.74, 6) is -0.0532. The second kappa shape index (κ2) is 6.29. The summed E-state index contributed by atoms with van der Waals surface area (Å²) >= 11 is 1.53. The van der Waals surface area contributed by atoms with E-state index >= 15 is 0 Å². The average molecular weight is 351 g/mol. The lowest BCUT2D eigenvalue weighted by atomic mass is 10.2. The van der Waals surface area contributed by atoms with Crippen molar-refractivity contribution in [3.8, 4) is 10.6 Å². The molecule has 0 spiro atoms. The lowest BCUT2D eigenvalue weighted by Crippen LogP contribution is -2.24. The molecule has 1 amide bonds. The molecule has 122 valence electrons. The van der Waals surface area contributed by atoms with E-state index in [9.17, 15) is 13.2 Å². The van der Waals surface area contributed by atoms with E-state index in [1.165, 1.54) is 11.3 Å². The van der Waals surface area contributed by atoms with Crippen LogP contribution in [-0.4, -0.2) is 42.2 Å². The van der Waals surface area contributed by atoms with Gasteiger partial charge in [-0.3, -0.25) is 9.48 Å². The first-order valence-electron chi connectivity index (χ1n) is 7.23. The zero-order valence-corrected chi connectivity index (χ0v) is 14.1. The van der Waals surface area contributed by atoms with Crippen LogP contribution in [0.5, 0.6) is 0 Å². The molecule has 3 heterocycles. The van der Waals surface area contributed by atoms with Gasteiger partial charge >= 0.3 is 0 Å². The quantitative estimate of drug-likeness (QED) is 0.834. The molecule has 2 aromatic rings.